The highest BCUT2D eigenvalue weighted by molar-refractivity contribution is 5.70. The zero-order valence-electron chi connectivity index (χ0n) is 9.76. The van der Waals surface area contributed by atoms with E-state index in [4.69, 9.17) is 4.74 Å². The minimum atomic E-state index is -0.0400. The molecule has 3 unspecified atom stereocenters. The lowest BCUT2D eigenvalue weighted by atomic mass is 9.79. The monoisotopic (exact) mass is 231 g/mol. The lowest BCUT2D eigenvalue weighted by Crippen LogP contribution is -2.50. The normalized spacial score (nSPS) is 32.7. The van der Waals surface area contributed by atoms with E-state index in [-0.39, 0.29) is 5.97 Å². The minimum absolute atomic E-state index is 0.0400. The molecule has 17 heavy (non-hydrogen) atoms. The Bertz CT molecular complexity index is 404. The van der Waals surface area contributed by atoms with E-state index in [0.717, 1.165) is 13.0 Å². The van der Waals surface area contributed by atoms with Crippen LogP contribution in [0.5, 0.6) is 0 Å². The maximum atomic E-state index is 11.3. The van der Waals surface area contributed by atoms with Crippen LogP contribution in [0.1, 0.15) is 24.3 Å². The second-order valence-electron chi connectivity index (χ2n) is 5.01. The molecule has 0 amide bonds. The summed E-state index contributed by atoms with van der Waals surface area (Å²) in [5, 5.41) is 3.51. The summed E-state index contributed by atoms with van der Waals surface area (Å²) in [6, 6.07) is 10.9. The van der Waals surface area contributed by atoms with Gasteiger partial charge in [-0.2, -0.15) is 0 Å². The maximum Gasteiger partial charge on any atom is 0.306 e. The summed E-state index contributed by atoms with van der Waals surface area (Å²) in [6.07, 6.45) is 1.66. The molecule has 0 radical (unpaired) electrons. The van der Waals surface area contributed by atoms with Crippen molar-refractivity contribution >= 4 is 5.97 Å². The summed E-state index contributed by atoms with van der Waals surface area (Å²) >= 11 is 0. The number of fused-ring (bicyclic) bond motifs is 1. The summed E-state index contributed by atoms with van der Waals surface area (Å²) in [7, 11) is 0. The van der Waals surface area contributed by atoms with Gasteiger partial charge >= 0.3 is 5.97 Å². The van der Waals surface area contributed by atoms with E-state index in [1.54, 1.807) is 0 Å². The van der Waals surface area contributed by atoms with Crippen molar-refractivity contribution in [3.05, 3.63) is 35.9 Å². The fraction of sp³-hybridized carbons (Fsp3) is 0.500. The number of cyclic esters (lactones) is 1. The highest BCUT2D eigenvalue weighted by Gasteiger charge is 2.36. The second kappa shape index (κ2) is 4.49. The third kappa shape index (κ3) is 2.20. The lowest BCUT2D eigenvalue weighted by molar-refractivity contribution is -0.152. The van der Waals surface area contributed by atoms with E-state index in [1.807, 2.05) is 6.07 Å². The molecule has 90 valence electrons. The molecular formula is C14H17NO2. The number of piperidine rings is 1. The van der Waals surface area contributed by atoms with Crippen molar-refractivity contribution in [2.45, 2.75) is 24.8 Å². The molecule has 2 aliphatic heterocycles. The molecule has 3 heteroatoms. The van der Waals surface area contributed by atoms with E-state index in [2.05, 4.69) is 29.6 Å². The molecule has 0 saturated carbocycles. The van der Waals surface area contributed by atoms with Crippen LogP contribution in [-0.4, -0.2) is 25.2 Å². The van der Waals surface area contributed by atoms with Crippen LogP contribution in [-0.2, 0) is 9.53 Å². The highest BCUT2D eigenvalue weighted by atomic mass is 16.5. The van der Waals surface area contributed by atoms with Crippen LogP contribution in [0.4, 0.5) is 0 Å². The predicted molar refractivity (Wildman–Crippen MR) is 64.7 cm³/mol. The largest absolute Gasteiger partial charge is 0.464 e. The first kappa shape index (κ1) is 10.8. The lowest BCUT2D eigenvalue weighted by Gasteiger charge is -2.39. The van der Waals surface area contributed by atoms with Crippen LogP contribution < -0.4 is 5.32 Å². The van der Waals surface area contributed by atoms with E-state index in [9.17, 15) is 4.79 Å². The van der Waals surface area contributed by atoms with Gasteiger partial charge in [0.25, 0.3) is 0 Å². The Balaban J connectivity index is 1.72. The van der Waals surface area contributed by atoms with E-state index < -0.39 is 0 Å². The van der Waals surface area contributed by atoms with Crippen molar-refractivity contribution in [1.82, 2.24) is 5.32 Å². The molecule has 0 aromatic heterocycles. The Morgan fingerprint density at radius 2 is 2.06 bits per heavy atom. The molecule has 1 N–H and O–H groups in total. The average Bonchev–Trinajstić information content (AvgIpc) is 2.39. The molecule has 0 spiro atoms. The van der Waals surface area contributed by atoms with Crippen molar-refractivity contribution in [2.75, 3.05) is 13.2 Å². The number of carbonyl (C=O) groups excluding carboxylic acids is 1. The predicted octanol–water partition coefficient (Wildman–Crippen LogP) is 1.70. The van der Waals surface area contributed by atoms with E-state index in [0.29, 0.717) is 30.9 Å². The Kier molecular flexibility index (Phi) is 2.85. The van der Waals surface area contributed by atoms with Gasteiger partial charge in [-0.15, -0.1) is 0 Å². The fourth-order valence-electron chi connectivity index (χ4n) is 2.93. The first-order valence-electron chi connectivity index (χ1n) is 6.27. The molecule has 3 rings (SSSR count). The first-order valence-corrected chi connectivity index (χ1v) is 6.27. The minimum Gasteiger partial charge on any atom is -0.464 e. The fourth-order valence-corrected chi connectivity index (χ4v) is 2.93. The van der Waals surface area contributed by atoms with Crippen molar-refractivity contribution < 1.29 is 9.53 Å². The van der Waals surface area contributed by atoms with E-state index >= 15 is 0 Å². The third-order valence-corrected chi connectivity index (χ3v) is 3.91. The number of carbonyl (C=O) groups is 1. The Labute approximate surface area is 101 Å². The summed E-state index contributed by atoms with van der Waals surface area (Å²) in [5.74, 6) is 0.931. The third-order valence-electron chi connectivity index (χ3n) is 3.91. The number of hydrogen-bond donors (Lipinski definition) is 1. The molecular weight excluding hydrogens is 214 g/mol. The van der Waals surface area contributed by atoms with Gasteiger partial charge in [-0.25, -0.2) is 0 Å². The number of ether oxygens (including phenoxy) is 1. The summed E-state index contributed by atoms with van der Waals surface area (Å²) < 4.78 is 5.09. The second-order valence-corrected chi connectivity index (χ2v) is 5.01. The van der Waals surface area contributed by atoms with Crippen LogP contribution in [0.3, 0.4) is 0 Å². The topological polar surface area (TPSA) is 38.3 Å². The van der Waals surface area contributed by atoms with Crippen molar-refractivity contribution in [3.8, 4) is 0 Å². The van der Waals surface area contributed by atoms with Crippen molar-refractivity contribution in [1.29, 1.82) is 0 Å². The molecule has 3 nitrogen and oxygen atoms in total. The Morgan fingerprint density at radius 1 is 1.24 bits per heavy atom. The number of hydrogen-bond acceptors (Lipinski definition) is 3. The average molecular weight is 231 g/mol. The van der Waals surface area contributed by atoms with Gasteiger partial charge < -0.3 is 10.1 Å². The standard InChI is InChI=1S/C14H17NO2/c16-14-7-11-6-12(8-15-13(11)9-17-14)10-4-2-1-3-5-10/h1-5,11-13,15H,6-9H2. The van der Waals surface area contributed by atoms with Crippen molar-refractivity contribution in [2.24, 2.45) is 5.92 Å². The molecule has 3 atom stereocenters. The van der Waals surface area contributed by atoms with Crippen LogP contribution in [0.2, 0.25) is 0 Å². The van der Waals surface area contributed by atoms with Crippen molar-refractivity contribution in [3.63, 3.8) is 0 Å². The molecule has 1 aromatic carbocycles. The molecule has 2 fully saturated rings. The zero-order valence-corrected chi connectivity index (χ0v) is 9.76. The number of rotatable bonds is 1. The SMILES string of the molecule is O=C1CC2CC(c3ccccc3)CNC2CO1. The molecule has 2 heterocycles. The van der Waals surface area contributed by atoms with Crippen LogP contribution >= 0.6 is 0 Å². The molecule has 1 aromatic rings. The Morgan fingerprint density at radius 3 is 2.88 bits per heavy atom. The van der Waals surface area contributed by atoms with Gasteiger partial charge in [-0.3, -0.25) is 4.79 Å². The number of esters is 1. The first-order chi connectivity index (χ1) is 8.33. The van der Waals surface area contributed by atoms with Gasteiger partial charge in [0.1, 0.15) is 6.61 Å². The van der Waals surface area contributed by atoms with Crippen LogP contribution in [0.25, 0.3) is 0 Å². The number of benzene rings is 1. The van der Waals surface area contributed by atoms with Gasteiger partial charge in [-0.1, -0.05) is 30.3 Å². The van der Waals surface area contributed by atoms with Gasteiger partial charge in [0.05, 0.1) is 0 Å². The molecule has 2 saturated heterocycles. The smallest absolute Gasteiger partial charge is 0.306 e. The van der Waals surface area contributed by atoms with Gasteiger partial charge in [0.2, 0.25) is 0 Å². The molecule has 2 aliphatic rings. The van der Waals surface area contributed by atoms with Gasteiger partial charge in [0, 0.05) is 19.0 Å². The zero-order chi connectivity index (χ0) is 11.7. The van der Waals surface area contributed by atoms with Crippen LogP contribution in [0.15, 0.2) is 30.3 Å². The van der Waals surface area contributed by atoms with Crippen LogP contribution in [0, 0.1) is 5.92 Å². The molecule has 0 bridgehead atoms. The maximum absolute atomic E-state index is 11.3. The quantitative estimate of drug-likeness (QED) is 0.748. The highest BCUT2D eigenvalue weighted by Crippen LogP contribution is 2.33. The summed E-state index contributed by atoms with van der Waals surface area (Å²) in [4.78, 5) is 11.3. The summed E-state index contributed by atoms with van der Waals surface area (Å²) in [5.41, 5.74) is 1.37. The van der Waals surface area contributed by atoms with Gasteiger partial charge in [0.15, 0.2) is 0 Å². The number of nitrogens with one attached hydrogen (secondary N) is 1. The van der Waals surface area contributed by atoms with E-state index in [1.165, 1.54) is 5.56 Å². The van der Waals surface area contributed by atoms with Gasteiger partial charge in [-0.05, 0) is 23.8 Å². The molecule has 0 aliphatic carbocycles. The summed E-state index contributed by atoms with van der Waals surface area (Å²) in [6.45, 7) is 1.54. The Hall–Kier alpha value is -1.35.